The lowest BCUT2D eigenvalue weighted by Gasteiger charge is -2.41. The summed E-state index contributed by atoms with van der Waals surface area (Å²) in [5, 5.41) is 0. The Labute approximate surface area is 310 Å². The molecule has 54 heavy (non-hydrogen) atoms. The van der Waals surface area contributed by atoms with E-state index in [-0.39, 0.29) is 32.2 Å². The molecule has 3 aromatic carbocycles. The van der Waals surface area contributed by atoms with Crippen LogP contribution in [0, 0.1) is 11.3 Å². The molecular weight excluding hydrogens is 698 g/mol. The van der Waals surface area contributed by atoms with Crippen LogP contribution >= 0.6 is 0 Å². The fourth-order valence-electron chi connectivity index (χ4n) is 8.05. The smallest absolute Gasteiger partial charge is 0.413 e. The summed E-state index contributed by atoms with van der Waals surface area (Å²) in [5.41, 5.74) is 0.0695. The molecule has 3 heterocycles. The van der Waals surface area contributed by atoms with E-state index >= 15 is 0 Å². The molecule has 5 atom stereocenters. The Morgan fingerprint density at radius 1 is 0.704 bits per heavy atom. The van der Waals surface area contributed by atoms with Crippen LogP contribution < -0.4 is 0 Å². The zero-order valence-corrected chi connectivity index (χ0v) is 29.5. The fraction of sp³-hybridized carbons (Fsp3) is 0.375. The molecule has 1 aliphatic carbocycles. The maximum Gasteiger partial charge on any atom is 0.413 e. The quantitative estimate of drug-likeness (QED) is 0.149. The highest BCUT2D eigenvalue weighted by Crippen LogP contribution is 2.53. The number of hydrogen-bond acceptors (Lipinski definition) is 12. The molecule has 7 rings (SSSR count). The Bertz CT molecular complexity index is 1840. The van der Waals surface area contributed by atoms with Crippen molar-refractivity contribution in [2.75, 3.05) is 20.0 Å². The van der Waals surface area contributed by atoms with Crippen LogP contribution in [-0.2, 0) is 56.1 Å². The second kappa shape index (κ2) is 15.2. The van der Waals surface area contributed by atoms with Crippen LogP contribution in [0.1, 0.15) is 48.9 Å². The van der Waals surface area contributed by atoms with E-state index in [2.05, 4.69) is 0 Å². The van der Waals surface area contributed by atoms with Crippen molar-refractivity contribution in [3.05, 3.63) is 108 Å². The summed E-state index contributed by atoms with van der Waals surface area (Å²) in [6.45, 7) is 0.957. The zero-order chi connectivity index (χ0) is 38.0. The molecule has 0 N–H and O–H groups in total. The third-order valence-corrected chi connectivity index (χ3v) is 10.9. The summed E-state index contributed by atoms with van der Waals surface area (Å²) in [6.07, 6.45) is -3.05. The number of carbonyl (C=O) groups excluding carboxylic acids is 7. The molecule has 0 aromatic heterocycles. The molecule has 1 saturated carbocycles. The standard InChI is InChI=1S/C40H39N3O11/c1-25(28-15-9-4-10-16-28)41-20-29-17-30(41)35(46)40(29,33(44)18-31-36(47)53-23-42(31)38(49)51-21-26-11-5-2-6-12-26)34(45)19-32-37(48)54-24-43(32)39(50)52-22-27-13-7-3-8-14-27/h2-16,25,29-32H,17-24H2,1H3/t25-,29+,30+,31+,32+/m1/s1. The van der Waals surface area contributed by atoms with Crippen molar-refractivity contribution < 1.29 is 52.5 Å². The number of rotatable bonds is 12. The number of amides is 2. The van der Waals surface area contributed by atoms with E-state index in [4.69, 9.17) is 18.9 Å². The number of benzene rings is 3. The van der Waals surface area contributed by atoms with Gasteiger partial charge in [0, 0.05) is 31.3 Å². The predicted octanol–water partition coefficient (Wildman–Crippen LogP) is 3.97. The Kier molecular flexibility index (Phi) is 10.3. The molecule has 3 saturated heterocycles. The first-order valence-corrected chi connectivity index (χ1v) is 17.8. The molecule has 3 aliphatic heterocycles. The summed E-state index contributed by atoms with van der Waals surface area (Å²) in [6, 6.07) is 23.3. The van der Waals surface area contributed by atoms with Gasteiger partial charge < -0.3 is 18.9 Å². The van der Waals surface area contributed by atoms with E-state index in [1.165, 1.54) is 0 Å². The molecule has 0 radical (unpaired) electrons. The highest BCUT2D eigenvalue weighted by Gasteiger charge is 2.69. The highest BCUT2D eigenvalue weighted by atomic mass is 16.6. The van der Waals surface area contributed by atoms with Crippen LogP contribution in [-0.4, -0.2) is 94.3 Å². The van der Waals surface area contributed by atoms with E-state index < -0.39 is 97.2 Å². The number of carbonyl (C=O) groups is 7. The lowest BCUT2D eigenvalue weighted by Crippen LogP contribution is -2.59. The van der Waals surface area contributed by atoms with E-state index in [0.29, 0.717) is 11.1 Å². The lowest BCUT2D eigenvalue weighted by atomic mass is 9.66. The van der Waals surface area contributed by atoms with Gasteiger partial charge in [0.25, 0.3) is 0 Å². The van der Waals surface area contributed by atoms with E-state index in [1.54, 1.807) is 60.7 Å². The molecule has 14 nitrogen and oxygen atoms in total. The number of hydrogen-bond donors (Lipinski definition) is 0. The Hall–Kier alpha value is -5.89. The summed E-state index contributed by atoms with van der Waals surface area (Å²) in [4.78, 5) is 100. The van der Waals surface area contributed by atoms with E-state index in [1.807, 2.05) is 42.2 Å². The second-order valence-electron chi connectivity index (χ2n) is 13.9. The number of cyclic esters (lactones) is 2. The Balaban J connectivity index is 1.14. The first-order valence-electron chi connectivity index (χ1n) is 17.8. The van der Waals surface area contributed by atoms with Gasteiger partial charge in [-0.25, -0.2) is 19.2 Å². The first kappa shape index (κ1) is 36.5. The Morgan fingerprint density at radius 2 is 1.15 bits per heavy atom. The number of esters is 2. The number of fused-ring (bicyclic) bond motifs is 2. The third kappa shape index (κ3) is 6.73. The summed E-state index contributed by atoms with van der Waals surface area (Å²) in [7, 11) is 0. The van der Waals surface area contributed by atoms with Gasteiger partial charge in [-0.2, -0.15) is 0 Å². The Morgan fingerprint density at radius 3 is 1.59 bits per heavy atom. The average Bonchev–Trinajstić information content (AvgIpc) is 3.96. The maximum atomic E-state index is 14.7. The third-order valence-electron chi connectivity index (χ3n) is 10.9. The monoisotopic (exact) mass is 737 g/mol. The molecule has 3 aromatic rings. The van der Waals surface area contributed by atoms with Gasteiger partial charge in [0.2, 0.25) is 0 Å². The zero-order valence-electron chi connectivity index (χ0n) is 29.5. The molecule has 4 aliphatic rings. The number of ketones is 3. The predicted molar refractivity (Wildman–Crippen MR) is 187 cm³/mol. The molecule has 14 heteroatoms. The van der Waals surface area contributed by atoms with Gasteiger partial charge in [0.05, 0.1) is 6.04 Å². The van der Waals surface area contributed by atoms with Crippen molar-refractivity contribution >= 4 is 41.5 Å². The minimum absolute atomic E-state index is 0.104. The van der Waals surface area contributed by atoms with Gasteiger partial charge in [0.15, 0.2) is 36.2 Å². The molecule has 2 bridgehead atoms. The largest absolute Gasteiger partial charge is 0.444 e. The van der Waals surface area contributed by atoms with Crippen LogP contribution in [0.5, 0.6) is 0 Å². The normalized spacial score (nSPS) is 23.5. The van der Waals surface area contributed by atoms with Crippen molar-refractivity contribution in [1.82, 2.24) is 14.7 Å². The van der Waals surface area contributed by atoms with Crippen LogP contribution in [0.2, 0.25) is 0 Å². The number of likely N-dealkylation sites (tertiary alicyclic amines) is 1. The lowest BCUT2D eigenvalue weighted by molar-refractivity contribution is -0.157. The van der Waals surface area contributed by atoms with Gasteiger partial charge in [-0.05, 0) is 30.0 Å². The molecule has 0 spiro atoms. The fourth-order valence-corrected chi connectivity index (χ4v) is 8.05. The van der Waals surface area contributed by atoms with Crippen LogP contribution in [0.4, 0.5) is 9.59 Å². The highest BCUT2D eigenvalue weighted by molar-refractivity contribution is 6.28. The van der Waals surface area contributed by atoms with Crippen LogP contribution in [0.15, 0.2) is 91.0 Å². The van der Waals surface area contributed by atoms with Gasteiger partial charge in [0.1, 0.15) is 25.3 Å². The molecule has 0 unspecified atom stereocenters. The first-order chi connectivity index (χ1) is 26.1. The van der Waals surface area contributed by atoms with Crippen molar-refractivity contribution in [2.24, 2.45) is 11.3 Å². The van der Waals surface area contributed by atoms with Crippen molar-refractivity contribution in [3.63, 3.8) is 0 Å². The van der Waals surface area contributed by atoms with E-state index in [9.17, 15) is 33.6 Å². The van der Waals surface area contributed by atoms with Gasteiger partial charge in [-0.1, -0.05) is 91.0 Å². The number of ether oxygens (including phenoxy) is 4. The summed E-state index contributed by atoms with van der Waals surface area (Å²) in [5.74, 6) is -4.97. The molecular formula is C40H39N3O11. The summed E-state index contributed by atoms with van der Waals surface area (Å²) < 4.78 is 21.1. The van der Waals surface area contributed by atoms with Gasteiger partial charge in [-0.15, -0.1) is 0 Å². The van der Waals surface area contributed by atoms with Crippen molar-refractivity contribution in [1.29, 1.82) is 0 Å². The number of Topliss-reactive ketones (excluding diaryl/α,β-unsaturated/α-hetero) is 3. The van der Waals surface area contributed by atoms with Crippen LogP contribution in [0.3, 0.4) is 0 Å². The van der Waals surface area contributed by atoms with E-state index in [0.717, 1.165) is 15.4 Å². The summed E-state index contributed by atoms with van der Waals surface area (Å²) >= 11 is 0. The molecule has 280 valence electrons. The molecule has 4 fully saturated rings. The van der Waals surface area contributed by atoms with Crippen molar-refractivity contribution in [3.8, 4) is 0 Å². The maximum absolute atomic E-state index is 14.7. The molecule has 2 amide bonds. The topological polar surface area (TPSA) is 166 Å². The van der Waals surface area contributed by atoms with Crippen molar-refractivity contribution in [2.45, 2.75) is 63.6 Å². The minimum Gasteiger partial charge on any atom is -0.444 e. The number of piperidine rings is 1. The average molecular weight is 738 g/mol. The SMILES string of the molecule is C[C@H](c1ccccc1)N1C[C@@H]2C[C@H]1C(=O)C2(C(=O)C[C@H]1C(=O)OCN1C(=O)OCc1ccccc1)C(=O)C[C@H]1C(=O)OCN1C(=O)OCc1ccccc1. The minimum atomic E-state index is -2.26. The number of nitrogens with zero attached hydrogens (tertiary/aromatic N) is 3. The second-order valence-corrected chi connectivity index (χ2v) is 13.9. The van der Waals surface area contributed by atoms with Gasteiger partial charge in [-0.3, -0.25) is 29.1 Å². The van der Waals surface area contributed by atoms with Crippen LogP contribution in [0.25, 0.3) is 0 Å². The van der Waals surface area contributed by atoms with Gasteiger partial charge >= 0.3 is 24.1 Å².